The van der Waals surface area contributed by atoms with E-state index in [4.69, 9.17) is 11.6 Å². The van der Waals surface area contributed by atoms with E-state index in [1.54, 1.807) is 6.07 Å². The molecule has 0 unspecified atom stereocenters. The monoisotopic (exact) mass is 302 g/mol. The summed E-state index contributed by atoms with van der Waals surface area (Å²) in [7, 11) is 0. The molecule has 1 heterocycles. The van der Waals surface area contributed by atoms with Crippen molar-refractivity contribution < 1.29 is 4.79 Å². The fraction of sp³-hybridized carbons (Fsp3) is 0.267. The minimum absolute atomic E-state index is 0.0338. The molecule has 0 radical (unpaired) electrons. The number of aromatic nitrogens is 2. The lowest BCUT2D eigenvalue weighted by Gasteiger charge is -2.08. The highest BCUT2D eigenvalue weighted by Gasteiger charge is 2.22. The summed E-state index contributed by atoms with van der Waals surface area (Å²) in [6.45, 7) is 0.179. The Labute approximate surface area is 127 Å². The highest BCUT2D eigenvalue weighted by atomic mass is 35.5. The van der Waals surface area contributed by atoms with Crippen molar-refractivity contribution in [2.45, 2.75) is 18.9 Å². The summed E-state index contributed by atoms with van der Waals surface area (Å²) in [5.74, 6) is 1.04. The highest BCUT2D eigenvalue weighted by Crippen LogP contribution is 2.20. The van der Waals surface area contributed by atoms with Crippen molar-refractivity contribution in [1.82, 2.24) is 15.3 Å². The molecule has 2 aromatic rings. The van der Waals surface area contributed by atoms with E-state index in [0.717, 1.165) is 18.4 Å². The van der Waals surface area contributed by atoms with Crippen LogP contribution in [0.25, 0.3) is 11.4 Å². The Kier molecular flexibility index (Phi) is 4.01. The molecule has 6 heteroatoms. The van der Waals surface area contributed by atoms with Gasteiger partial charge in [0.05, 0.1) is 6.54 Å². The summed E-state index contributed by atoms with van der Waals surface area (Å²) >= 11 is 6.02. The zero-order chi connectivity index (χ0) is 14.7. The number of rotatable bonds is 5. The Bertz CT molecular complexity index is 643. The van der Waals surface area contributed by atoms with E-state index in [2.05, 4.69) is 20.6 Å². The second-order valence-electron chi connectivity index (χ2n) is 4.96. The highest BCUT2D eigenvalue weighted by molar-refractivity contribution is 6.29. The molecule has 108 valence electrons. The van der Waals surface area contributed by atoms with Crippen molar-refractivity contribution in [2.75, 3.05) is 11.9 Å². The zero-order valence-electron chi connectivity index (χ0n) is 11.3. The van der Waals surface area contributed by atoms with Crippen molar-refractivity contribution >= 4 is 23.3 Å². The predicted octanol–water partition coefficient (Wildman–Crippen LogP) is 2.49. The maximum Gasteiger partial charge on any atom is 0.239 e. The molecule has 1 aliphatic rings. The second kappa shape index (κ2) is 6.10. The second-order valence-corrected chi connectivity index (χ2v) is 5.35. The van der Waals surface area contributed by atoms with E-state index in [1.807, 2.05) is 30.3 Å². The summed E-state index contributed by atoms with van der Waals surface area (Å²) in [6.07, 6.45) is 2.15. The van der Waals surface area contributed by atoms with Crippen LogP contribution in [0.5, 0.6) is 0 Å². The first kappa shape index (κ1) is 13.8. The zero-order valence-corrected chi connectivity index (χ0v) is 12.1. The number of halogens is 1. The van der Waals surface area contributed by atoms with Crippen LogP contribution in [0.3, 0.4) is 0 Å². The van der Waals surface area contributed by atoms with E-state index >= 15 is 0 Å². The average molecular weight is 303 g/mol. The van der Waals surface area contributed by atoms with Crippen LogP contribution in [0, 0.1) is 0 Å². The first-order valence-corrected chi connectivity index (χ1v) is 7.22. The summed E-state index contributed by atoms with van der Waals surface area (Å²) in [5, 5.41) is 6.23. The van der Waals surface area contributed by atoms with Gasteiger partial charge in [-0.25, -0.2) is 9.97 Å². The Balaban J connectivity index is 1.70. The minimum Gasteiger partial charge on any atom is -0.361 e. The van der Waals surface area contributed by atoms with Gasteiger partial charge in [-0.1, -0.05) is 41.9 Å². The van der Waals surface area contributed by atoms with Gasteiger partial charge in [0.1, 0.15) is 11.0 Å². The van der Waals surface area contributed by atoms with Gasteiger partial charge in [-0.05, 0) is 12.8 Å². The van der Waals surface area contributed by atoms with Crippen molar-refractivity contribution in [3.63, 3.8) is 0 Å². The van der Waals surface area contributed by atoms with Crippen LogP contribution in [-0.2, 0) is 4.79 Å². The molecule has 0 bridgehead atoms. The van der Waals surface area contributed by atoms with E-state index in [9.17, 15) is 4.79 Å². The largest absolute Gasteiger partial charge is 0.361 e. The third-order valence-electron chi connectivity index (χ3n) is 3.10. The van der Waals surface area contributed by atoms with Crippen LogP contribution in [0.15, 0.2) is 36.4 Å². The maximum absolute atomic E-state index is 11.7. The molecule has 2 N–H and O–H groups in total. The smallest absolute Gasteiger partial charge is 0.239 e. The molecule has 1 aromatic carbocycles. The molecule has 1 saturated carbocycles. The molecule has 1 aromatic heterocycles. The van der Waals surface area contributed by atoms with E-state index in [1.165, 1.54) is 0 Å². The average Bonchev–Trinajstić information content (AvgIpc) is 3.29. The van der Waals surface area contributed by atoms with Gasteiger partial charge in [-0.3, -0.25) is 4.79 Å². The molecule has 0 spiro atoms. The summed E-state index contributed by atoms with van der Waals surface area (Å²) in [5.41, 5.74) is 0.880. The van der Waals surface area contributed by atoms with Crippen molar-refractivity contribution in [3.8, 4) is 11.4 Å². The lowest BCUT2D eigenvalue weighted by molar-refractivity contribution is -0.119. The molecule has 0 aliphatic heterocycles. The van der Waals surface area contributed by atoms with Crippen molar-refractivity contribution in [1.29, 1.82) is 0 Å². The molecule has 0 atom stereocenters. The lowest BCUT2D eigenvalue weighted by Crippen LogP contribution is -2.31. The van der Waals surface area contributed by atoms with Gasteiger partial charge in [0.15, 0.2) is 5.82 Å². The van der Waals surface area contributed by atoms with Crippen molar-refractivity contribution in [3.05, 3.63) is 41.6 Å². The van der Waals surface area contributed by atoms with Gasteiger partial charge in [-0.15, -0.1) is 0 Å². The third-order valence-corrected chi connectivity index (χ3v) is 3.29. The Morgan fingerprint density at radius 2 is 2.00 bits per heavy atom. The number of benzene rings is 1. The number of hydrogen-bond acceptors (Lipinski definition) is 4. The van der Waals surface area contributed by atoms with Gasteiger partial charge in [0, 0.05) is 17.7 Å². The maximum atomic E-state index is 11.7. The van der Waals surface area contributed by atoms with Crippen LogP contribution < -0.4 is 10.6 Å². The normalized spacial score (nSPS) is 13.8. The first-order valence-electron chi connectivity index (χ1n) is 6.84. The summed E-state index contributed by atoms with van der Waals surface area (Å²) in [6, 6.07) is 11.5. The number of nitrogens with one attached hydrogen (secondary N) is 2. The van der Waals surface area contributed by atoms with Crippen LogP contribution >= 0.6 is 11.6 Å². The van der Waals surface area contributed by atoms with Crippen molar-refractivity contribution in [2.24, 2.45) is 0 Å². The molecule has 1 aliphatic carbocycles. The minimum atomic E-state index is -0.0338. The number of amides is 1. The molecule has 3 rings (SSSR count). The summed E-state index contributed by atoms with van der Waals surface area (Å²) < 4.78 is 0. The number of nitrogens with zero attached hydrogens (tertiary/aromatic N) is 2. The molecule has 0 saturated heterocycles. The first-order chi connectivity index (χ1) is 10.2. The Hall–Kier alpha value is -2.14. The van der Waals surface area contributed by atoms with E-state index in [-0.39, 0.29) is 12.5 Å². The number of hydrogen-bond donors (Lipinski definition) is 2. The molecule has 1 fully saturated rings. The summed E-state index contributed by atoms with van der Waals surface area (Å²) in [4.78, 5) is 20.2. The number of carbonyl (C=O) groups is 1. The van der Waals surface area contributed by atoms with Gasteiger partial charge < -0.3 is 10.6 Å². The standard InChI is InChI=1S/C15H15ClN4O/c16-12-8-13(17-9-14(21)18-11-6-7-11)20-15(19-12)10-4-2-1-3-5-10/h1-5,8,11H,6-7,9H2,(H,18,21)(H,17,19,20). The number of anilines is 1. The van der Waals surface area contributed by atoms with E-state index in [0.29, 0.717) is 22.8 Å². The predicted molar refractivity (Wildman–Crippen MR) is 82.1 cm³/mol. The Morgan fingerprint density at radius 1 is 1.24 bits per heavy atom. The molecule has 5 nitrogen and oxygen atoms in total. The Morgan fingerprint density at radius 3 is 2.71 bits per heavy atom. The van der Waals surface area contributed by atoms with Gasteiger partial charge in [-0.2, -0.15) is 0 Å². The van der Waals surface area contributed by atoms with Crippen LogP contribution in [0.4, 0.5) is 5.82 Å². The number of carbonyl (C=O) groups excluding carboxylic acids is 1. The van der Waals surface area contributed by atoms with Gasteiger partial charge in [0.2, 0.25) is 5.91 Å². The van der Waals surface area contributed by atoms with Crippen LogP contribution in [-0.4, -0.2) is 28.5 Å². The SMILES string of the molecule is O=C(CNc1cc(Cl)nc(-c2ccccc2)n1)NC1CC1. The van der Waals surface area contributed by atoms with Gasteiger partial charge >= 0.3 is 0 Å². The fourth-order valence-electron chi connectivity index (χ4n) is 1.90. The fourth-order valence-corrected chi connectivity index (χ4v) is 2.09. The van der Waals surface area contributed by atoms with Gasteiger partial charge in [0.25, 0.3) is 0 Å². The quantitative estimate of drug-likeness (QED) is 0.833. The topological polar surface area (TPSA) is 66.9 Å². The third kappa shape index (κ3) is 3.92. The van der Waals surface area contributed by atoms with E-state index < -0.39 is 0 Å². The van der Waals surface area contributed by atoms with Crippen LogP contribution in [0.2, 0.25) is 5.15 Å². The molecular formula is C15H15ClN4O. The molecule has 21 heavy (non-hydrogen) atoms. The lowest BCUT2D eigenvalue weighted by atomic mass is 10.2. The molecular weight excluding hydrogens is 288 g/mol. The van der Waals surface area contributed by atoms with Crippen LogP contribution in [0.1, 0.15) is 12.8 Å². The molecule has 1 amide bonds.